The molecule has 3 unspecified atom stereocenters. The predicted octanol–water partition coefficient (Wildman–Crippen LogP) is 1.17. The SMILES string of the molecule is C#Cc1cn(C2CC(O)C(CO)O2)c2ccc([N+](=O)[O-])cc12. The summed E-state index contributed by atoms with van der Waals surface area (Å²) in [5.74, 6) is 2.51. The summed E-state index contributed by atoms with van der Waals surface area (Å²) in [6.45, 7) is -0.273. The van der Waals surface area contributed by atoms with Gasteiger partial charge >= 0.3 is 0 Å². The lowest BCUT2D eigenvalue weighted by atomic mass is 10.1. The second kappa shape index (κ2) is 5.42. The van der Waals surface area contributed by atoms with Crippen molar-refractivity contribution in [3.8, 4) is 12.3 Å². The van der Waals surface area contributed by atoms with Crippen molar-refractivity contribution in [3.05, 3.63) is 40.1 Å². The highest BCUT2D eigenvalue weighted by Crippen LogP contribution is 2.34. The zero-order chi connectivity index (χ0) is 15.9. The monoisotopic (exact) mass is 302 g/mol. The van der Waals surface area contributed by atoms with Gasteiger partial charge in [0.2, 0.25) is 0 Å². The Morgan fingerprint density at radius 3 is 2.91 bits per heavy atom. The third-order valence-electron chi connectivity index (χ3n) is 3.88. The van der Waals surface area contributed by atoms with Crippen LogP contribution < -0.4 is 0 Å². The molecule has 2 aromatic rings. The second-order valence-electron chi connectivity index (χ2n) is 5.17. The number of terminal acetylenes is 1. The van der Waals surface area contributed by atoms with E-state index >= 15 is 0 Å². The first-order chi connectivity index (χ1) is 10.5. The van der Waals surface area contributed by atoms with Crippen molar-refractivity contribution in [2.45, 2.75) is 24.9 Å². The number of nitro benzene ring substituents is 1. The molecule has 1 aromatic heterocycles. The van der Waals surface area contributed by atoms with Crippen LogP contribution in [0.1, 0.15) is 18.2 Å². The largest absolute Gasteiger partial charge is 0.394 e. The predicted molar refractivity (Wildman–Crippen MR) is 78.1 cm³/mol. The maximum absolute atomic E-state index is 10.9. The minimum atomic E-state index is -0.764. The Balaban J connectivity index is 2.08. The van der Waals surface area contributed by atoms with Gasteiger partial charge in [0.25, 0.3) is 5.69 Å². The first-order valence-electron chi connectivity index (χ1n) is 6.75. The number of hydrogen-bond donors (Lipinski definition) is 2. The van der Waals surface area contributed by atoms with Crippen molar-refractivity contribution in [2.24, 2.45) is 0 Å². The van der Waals surface area contributed by atoms with E-state index in [0.717, 1.165) is 0 Å². The van der Waals surface area contributed by atoms with E-state index in [1.807, 2.05) is 0 Å². The van der Waals surface area contributed by atoms with Gasteiger partial charge in [0.1, 0.15) is 12.3 Å². The molecule has 0 amide bonds. The van der Waals surface area contributed by atoms with E-state index in [1.54, 1.807) is 16.8 Å². The highest BCUT2D eigenvalue weighted by atomic mass is 16.6. The fraction of sp³-hybridized carbons (Fsp3) is 0.333. The van der Waals surface area contributed by atoms with E-state index in [0.29, 0.717) is 22.9 Å². The third-order valence-corrected chi connectivity index (χ3v) is 3.88. The molecule has 1 aromatic carbocycles. The molecule has 3 atom stereocenters. The Morgan fingerprint density at radius 2 is 2.32 bits per heavy atom. The van der Waals surface area contributed by atoms with Crippen molar-refractivity contribution >= 4 is 16.6 Å². The molecule has 0 spiro atoms. The first kappa shape index (κ1) is 14.5. The van der Waals surface area contributed by atoms with Gasteiger partial charge in [-0.2, -0.15) is 0 Å². The van der Waals surface area contributed by atoms with Gasteiger partial charge in [0.15, 0.2) is 0 Å². The number of rotatable bonds is 3. The minimum absolute atomic E-state index is 0.0395. The van der Waals surface area contributed by atoms with Crippen LogP contribution in [0.2, 0.25) is 0 Å². The number of aliphatic hydroxyl groups is 2. The molecule has 0 saturated carbocycles. The van der Waals surface area contributed by atoms with E-state index in [4.69, 9.17) is 16.3 Å². The van der Waals surface area contributed by atoms with Gasteiger partial charge in [-0.1, -0.05) is 5.92 Å². The zero-order valence-electron chi connectivity index (χ0n) is 11.5. The molecule has 22 heavy (non-hydrogen) atoms. The number of nitro groups is 1. The lowest BCUT2D eigenvalue weighted by Gasteiger charge is -2.14. The lowest BCUT2D eigenvalue weighted by molar-refractivity contribution is -0.384. The molecule has 7 heteroatoms. The third kappa shape index (κ3) is 2.23. The average Bonchev–Trinajstić information content (AvgIpc) is 3.06. The highest BCUT2D eigenvalue weighted by Gasteiger charge is 2.35. The zero-order valence-corrected chi connectivity index (χ0v) is 11.5. The average molecular weight is 302 g/mol. The molecule has 1 aliphatic rings. The van der Waals surface area contributed by atoms with E-state index in [1.165, 1.54) is 12.1 Å². The lowest BCUT2D eigenvalue weighted by Crippen LogP contribution is -2.24. The summed E-state index contributed by atoms with van der Waals surface area (Å²) in [6, 6.07) is 4.43. The maximum atomic E-state index is 10.9. The minimum Gasteiger partial charge on any atom is -0.394 e. The van der Waals surface area contributed by atoms with Crippen molar-refractivity contribution < 1.29 is 19.9 Å². The summed E-state index contributed by atoms with van der Waals surface area (Å²) in [7, 11) is 0. The first-order valence-corrected chi connectivity index (χ1v) is 6.75. The van der Waals surface area contributed by atoms with Gasteiger partial charge in [-0.15, -0.1) is 6.42 Å². The fourth-order valence-electron chi connectivity index (χ4n) is 2.76. The van der Waals surface area contributed by atoms with Gasteiger partial charge in [0.05, 0.1) is 28.7 Å². The second-order valence-corrected chi connectivity index (χ2v) is 5.17. The van der Waals surface area contributed by atoms with Crippen LogP contribution in [0.4, 0.5) is 5.69 Å². The molecule has 1 saturated heterocycles. The Morgan fingerprint density at radius 1 is 1.55 bits per heavy atom. The van der Waals surface area contributed by atoms with Crippen LogP contribution >= 0.6 is 0 Å². The highest BCUT2D eigenvalue weighted by molar-refractivity contribution is 5.88. The maximum Gasteiger partial charge on any atom is 0.270 e. The molecule has 1 fully saturated rings. The number of ether oxygens (including phenoxy) is 1. The molecular weight excluding hydrogens is 288 g/mol. The van der Waals surface area contributed by atoms with E-state index < -0.39 is 23.4 Å². The smallest absolute Gasteiger partial charge is 0.270 e. The molecule has 3 rings (SSSR count). The Bertz CT molecular complexity index is 776. The molecular formula is C15H14N2O5. The van der Waals surface area contributed by atoms with E-state index in [9.17, 15) is 15.2 Å². The van der Waals surface area contributed by atoms with E-state index in [2.05, 4.69) is 5.92 Å². The van der Waals surface area contributed by atoms with Gasteiger partial charge in [-0.05, 0) is 6.07 Å². The molecule has 0 bridgehead atoms. The number of nitrogens with zero attached hydrogens (tertiary/aromatic N) is 2. The molecule has 2 N–H and O–H groups in total. The molecule has 7 nitrogen and oxygen atoms in total. The molecule has 0 aliphatic carbocycles. The summed E-state index contributed by atoms with van der Waals surface area (Å²) >= 11 is 0. The number of fused-ring (bicyclic) bond motifs is 1. The number of benzene rings is 1. The van der Waals surface area contributed by atoms with Crippen LogP contribution in [0.3, 0.4) is 0 Å². The Kier molecular flexibility index (Phi) is 3.58. The van der Waals surface area contributed by atoms with Crippen LogP contribution in [0.25, 0.3) is 10.9 Å². The van der Waals surface area contributed by atoms with E-state index in [-0.39, 0.29) is 12.3 Å². The fourth-order valence-corrected chi connectivity index (χ4v) is 2.76. The van der Waals surface area contributed by atoms with Crippen molar-refractivity contribution in [2.75, 3.05) is 6.61 Å². The summed E-state index contributed by atoms with van der Waals surface area (Å²) < 4.78 is 7.36. The summed E-state index contributed by atoms with van der Waals surface area (Å²) in [4.78, 5) is 10.4. The van der Waals surface area contributed by atoms with Gasteiger partial charge < -0.3 is 19.5 Å². The topological polar surface area (TPSA) is 97.8 Å². The van der Waals surface area contributed by atoms with Crippen LogP contribution in [0.15, 0.2) is 24.4 Å². The van der Waals surface area contributed by atoms with Crippen LogP contribution in [-0.4, -0.2) is 38.5 Å². The Labute approximate surface area is 125 Å². The summed E-state index contributed by atoms with van der Waals surface area (Å²) in [5, 5.41) is 30.5. The molecule has 0 radical (unpaired) electrons. The van der Waals surface area contributed by atoms with Gasteiger partial charge in [-0.25, -0.2) is 0 Å². The normalized spacial score (nSPS) is 24.5. The summed E-state index contributed by atoms with van der Waals surface area (Å²) in [6.07, 6.45) is 5.58. The number of aliphatic hydroxyl groups excluding tert-OH is 2. The van der Waals surface area contributed by atoms with Crippen LogP contribution in [-0.2, 0) is 4.74 Å². The Hall–Kier alpha value is -2.40. The van der Waals surface area contributed by atoms with Crippen molar-refractivity contribution in [1.29, 1.82) is 0 Å². The number of hydrogen-bond acceptors (Lipinski definition) is 5. The van der Waals surface area contributed by atoms with Crippen LogP contribution in [0, 0.1) is 22.5 Å². The molecule has 1 aliphatic heterocycles. The van der Waals surface area contributed by atoms with Gasteiger partial charge in [-0.3, -0.25) is 10.1 Å². The van der Waals surface area contributed by atoms with Crippen molar-refractivity contribution in [3.63, 3.8) is 0 Å². The molecule has 2 heterocycles. The standard InChI is InChI=1S/C15H14N2O5/c1-2-9-7-16(15-6-13(19)14(8-18)22-15)12-4-3-10(17(20)21)5-11(9)12/h1,3-5,7,13-15,18-19H,6,8H2. The number of non-ortho nitro benzene ring substituents is 1. The quantitative estimate of drug-likeness (QED) is 0.504. The number of aromatic nitrogens is 1. The molecule has 114 valence electrons. The van der Waals surface area contributed by atoms with Crippen molar-refractivity contribution in [1.82, 2.24) is 4.57 Å². The summed E-state index contributed by atoms with van der Waals surface area (Å²) in [5.41, 5.74) is 1.17. The van der Waals surface area contributed by atoms with Gasteiger partial charge in [0, 0.05) is 30.1 Å². The van der Waals surface area contributed by atoms with Crippen LogP contribution in [0.5, 0.6) is 0 Å².